The Morgan fingerprint density at radius 3 is 2.65 bits per heavy atom. The molecule has 1 atom stereocenters. The first-order chi connectivity index (χ1) is 8.06. The number of halogens is 1. The Morgan fingerprint density at radius 2 is 2.12 bits per heavy atom. The number of rotatable bonds is 5. The highest BCUT2D eigenvalue weighted by Gasteiger charge is 2.35. The molecule has 0 aliphatic rings. The van der Waals surface area contributed by atoms with Gasteiger partial charge in [-0.25, -0.2) is 0 Å². The number of amides is 1. The summed E-state index contributed by atoms with van der Waals surface area (Å²) in [6, 6.07) is 7.44. The van der Waals surface area contributed by atoms with E-state index in [0.29, 0.717) is 24.5 Å². The zero-order chi connectivity index (χ0) is 12.9. The average molecular weight is 255 g/mol. The van der Waals surface area contributed by atoms with Crippen LogP contribution in [0.2, 0.25) is 0 Å². The zero-order valence-electron chi connectivity index (χ0n) is 10.3. The molecule has 0 radical (unpaired) electrons. The summed E-state index contributed by atoms with van der Waals surface area (Å²) in [6.45, 7) is 4.38. The van der Waals surface area contributed by atoms with Crippen LogP contribution in [-0.4, -0.2) is 18.3 Å². The predicted molar refractivity (Wildman–Crippen MR) is 72.2 cm³/mol. The molecule has 3 N–H and O–H groups in total. The van der Waals surface area contributed by atoms with E-state index in [9.17, 15) is 4.79 Å². The fourth-order valence-corrected chi connectivity index (χ4v) is 2.29. The molecule has 0 aromatic heterocycles. The molecule has 0 heterocycles. The molecule has 1 aromatic carbocycles. The van der Waals surface area contributed by atoms with Crippen LogP contribution < -0.4 is 11.1 Å². The first-order valence-corrected chi connectivity index (χ1v) is 6.29. The standard InChI is InChI=1S/C13H19ClN2O/c1-3-16-12(17)13(2,8-9-14)10-6-4-5-7-11(10)15/h4-7H,3,8-9,15H2,1-2H3,(H,16,17). The number of para-hydroxylation sites is 1. The van der Waals surface area contributed by atoms with Crippen LogP contribution in [0.4, 0.5) is 5.69 Å². The highest BCUT2D eigenvalue weighted by Crippen LogP contribution is 2.32. The zero-order valence-corrected chi connectivity index (χ0v) is 11.1. The second kappa shape index (κ2) is 5.92. The molecular weight excluding hydrogens is 236 g/mol. The number of nitrogen functional groups attached to an aromatic ring is 1. The molecule has 0 spiro atoms. The summed E-state index contributed by atoms with van der Waals surface area (Å²) >= 11 is 5.81. The van der Waals surface area contributed by atoms with Crippen molar-refractivity contribution in [1.82, 2.24) is 5.32 Å². The van der Waals surface area contributed by atoms with E-state index in [1.807, 2.05) is 32.0 Å². The molecule has 0 saturated carbocycles. The summed E-state index contributed by atoms with van der Waals surface area (Å²) in [6.07, 6.45) is 0.564. The molecule has 1 aromatic rings. The maximum Gasteiger partial charge on any atom is 0.230 e. The molecule has 1 rings (SSSR count). The van der Waals surface area contributed by atoms with E-state index in [1.165, 1.54) is 0 Å². The van der Waals surface area contributed by atoms with Crippen molar-refractivity contribution >= 4 is 23.2 Å². The van der Waals surface area contributed by atoms with Crippen molar-refractivity contribution in [2.75, 3.05) is 18.2 Å². The number of alkyl halides is 1. The van der Waals surface area contributed by atoms with Crippen LogP contribution >= 0.6 is 11.6 Å². The molecule has 1 amide bonds. The predicted octanol–water partition coefficient (Wildman–Crippen LogP) is 2.29. The number of benzene rings is 1. The summed E-state index contributed by atoms with van der Waals surface area (Å²) in [7, 11) is 0. The second-order valence-corrected chi connectivity index (χ2v) is 4.60. The summed E-state index contributed by atoms with van der Waals surface area (Å²) in [4.78, 5) is 12.2. The smallest absolute Gasteiger partial charge is 0.230 e. The van der Waals surface area contributed by atoms with Gasteiger partial charge < -0.3 is 11.1 Å². The molecule has 3 nitrogen and oxygen atoms in total. The van der Waals surface area contributed by atoms with E-state index in [0.717, 1.165) is 5.56 Å². The van der Waals surface area contributed by atoms with Crippen LogP contribution in [0, 0.1) is 0 Å². The quantitative estimate of drug-likeness (QED) is 0.626. The minimum atomic E-state index is -0.664. The number of hydrogen-bond donors (Lipinski definition) is 2. The summed E-state index contributed by atoms with van der Waals surface area (Å²) in [5.74, 6) is 0.389. The Hall–Kier alpha value is -1.22. The number of anilines is 1. The molecule has 0 saturated heterocycles. The fraction of sp³-hybridized carbons (Fsp3) is 0.462. The largest absolute Gasteiger partial charge is 0.398 e. The molecule has 4 heteroatoms. The van der Waals surface area contributed by atoms with Gasteiger partial charge in [0, 0.05) is 18.1 Å². The minimum Gasteiger partial charge on any atom is -0.398 e. The summed E-state index contributed by atoms with van der Waals surface area (Å²) in [5.41, 5.74) is 6.75. The van der Waals surface area contributed by atoms with Crippen LogP contribution in [-0.2, 0) is 10.2 Å². The molecule has 1 unspecified atom stereocenters. The van der Waals surface area contributed by atoms with Gasteiger partial charge in [-0.05, 0) is 31.9 Å². The SMILES string of the molecule is CCNC(=O)C(C)(CCCl)c1ccccc1N. The van der Waals surface area contributed by atoms with Gasteiger partial charge >= 0.3 is 0 Å². The number of nitrogens with one attached hydrogen (secondary N) is 1. The first kappa shape index (κ1) is 13.8. The minimum absolute atomic E-state index is 0.0291. The van der Waals surface area contributed by atoms with E-state index in [4.69, 9.17) is 17.3 Å². The maximum atomic E-state index is 12.2. The van der Waals surface area contributed by atoms with Crippen LogP contribution in [0.3, 0.4) is 0 Å². The molecule has 94 valence electrons. The Morgan fingerprint density at radius 1 is 1.47 bits per heavy atom. The Kier molecular flexibility index (Phi) is 4.82. The number of carbonyl (C=O) groups excluding carboxylic acids is 1. The second-order valence-electron chi connectivity index (χ2n) is 4.22. The van der Waals surface area contributed by atoms with Gasteiger partial charge in [0.1, 0.15) is 0 Å². The van der Waals surface area contributed by atoms with Crippen LogP contribution in [0.15, 0.2) is 24.3 Å². The number of nitrogens with two attached hydrogens (primary N) is 1. The Balaban J connectivity index is 3.15. The van der Waals surface area contributed by atoms with Gasteiger partial charge in [-0.1, -0.05) is 18.2 Å². The van der Waals surface area contributed by atoms with E-state index in [-0.39, 0.29) is 5.91 Å². The molecule has 0 aliphatic heterocycles. The highest BCUT2D eigenvalue weighted by molar-refractivity contribution is 6.18. The lowest BCUT2D eigenvalue weighted by molar-refractivity contribution is -0.126. The van der Waals surface area contributed by atoms with Crippen molar-refractivity contribution in [3.8, 4) is 0 Å². The molecule has 0 fully saturated rings. The van der Waals surface area contributed by atoms with E-state index >= 15 is 0 Å². The van der Waals surface area contributed by atoms with Crippen molar-refractivity contribution in [1.29, 1.82) is 0 Å². The van der Waals surface area contributed by atoms with Crippen molar-refractivity contribution in [2.45, 2.75) is 25.7 Å². The van der Waals surface area contributed by atoms with Crippen LogP contribution in [0.1, 0.15) is 25.8 Å². The van der Waals surface area contributed by atoms with Gasteiger partial charge in [0.05, 0.1) is 5.41 Å². The van der Waals surface area contributed by atoms with Crippen LogP contribution in [0.5, 0.6) is 0 Å². The topological polar surface area (TPSA) is 55.1 Å². The van der Waals surface area contributed by atoms with Gasteiger partial charge in [0.15, 0.2) is 0 Å². The van der Waals surface area contributed by atoms with Gasteiger partial charge in [-0.15, -0.1) is 11.6 Å². The Bertz CT molecular complexity index is 395. The normalized spacial score (nSPS) is 14.1. The number of likely N-dealkylation sites (N-methyl/N-ethyl adjacent to an activating group) is 1. The van der Waals surface area contributed by atoms with Crippen molar-refractivity contribution in [2.24, 2.45) is 0 Å². The molecule has 0 bridgehead atoms. The molecular formula is C13H19ClN2O. The third kappa shape index (κ3) is 2.91. The lowest BCUT2D eigenvalue weighted by Gasteiger charge is -2.29. The van der Waals surface area contributed by atoms with E-state index in [1.54, 1.807) is 6.07 Å². The van der Waals surface area contributed by atoms with Crippen molar-refractivity contribution in [3.05, 3.63) is 29.8 Å². The van der Waals surface area contributed by atoms with Gasteiger partial charge in [-0.3, -0.25) is 4.79 Å². The fourth-order valence-electron chi connectivity index (χ4n) is 1.91. The average Bonchev–Trinajstić information content (AvgIpc) is 2.30. The molecule has 17 heavy (non-hydrogen) atoms. The Labute approximate surface area is 107 Å². The number of hydrogen-bond acceptors (Lipinski definition) is 2. The third-order valence-electron chi connectivity index (χ3n) is 2.99. The van der Waals surface area contributed by atoms with Crippen LogP contribution in [0.25, 0.3) is 0 Å². The summed E-state index contributed by atoms with van der Waals surface area (Å²) in [5, 5.41) is 2.84. The monoisotopic (exact) mass is 254 g/mol. The third-order valence-corrected chi connectivity index (χ3v) is 3.18. The van der Waals surface area contributed by atoms with E-state index < -0.39 is 5.41 Å². The number of carbonyl (C=O) groups is 1. The van der Waals surface area contributed by atoms with Gasteiger partial charge in [0.2, 0.25) is 5.91 Å². The molecule has 0 aliphatic carbocycles. The lowest BCUT2D eigenvalue weighted by atomic mass is 9.78. The van der Waals surface area contributed by atoms with Crippen molar-refractivity contribution in [3.63, 3.8) is 0 Å². The summed E-state index contributed by atoms with van der Waals surface area (Å²) < 4.78 is 0. The van der Waals surface area contributed by atoms with Crippen molar-refractivity contribution < 1.29 is 4.79 Å². The maximum absolute atomic E-state index is 12.2. The first-order valence-electron chi connectivity index (χ1n) is 5.75. The van der Waals surface area contributed by atoms with E-state index in [2.05, 4.69) is 5.32 Å². The lowest BCUT2D eigenvalue weighted by Crippen LogP contribution is -2.43. The highest BCUT2D eigenvalue weighted by atomic mass is 35.5. The van der Waals surface area contributed by atoms with Gasteiger partial charge in [0.25, 0.3) is 0 Å². The van der Waals surface area contributed by atoms with Gasteiger partial charge in [-0.2, -0.15) is 0 Å².